The number of amides is 1. The lowest BCUT2D eigenvalue weighted by molar-refractivity contribution is -0.274. The molecule has 1 amide bonds. The van der Waals surface area contributed by atoms with Crippen LogP contribution in [0.5, 0.6) is 5.75 Å². The van der Waals surface area contributed by atoms with E-state index in [1.54, 1.807) is 6.92 Å². The van der Waals surface area contributed by atoms with E-state index >= 15 is 0 Å². The standard InChI is InChI=1S/C13H12F3N3O2S/c1-8(12(20)18-11-7-17-22-19-11)6-9-2-4-10(5-3-9)21-13(14,15)16/h2-5,7-8H,6H2,1H3,(H,18,19,20). The van der Waals surface area contributed by atoms with Gasteiger partial charge in [-0.3, -0.25) is 4.79 Å². The minimum atomic E-state index is -4.71. The van der Waals surface area contributed by atoms with E-state index < -0.39 is 6.36 Å². The van der Waals surface area contributed by atoms with Crippen LogP contribution in [0.2, 0.25) is 0 Å². The van der Waals surface area contributed by atoms with Crippen LogP contribution in [0.1, 0.15) is 12.5 Å². The van der Waals surface area contributed by atoms with Crippen molar-refractivity contribution in [3.8, 4) is 5.75 Å². The number of anilines is 1. The Hall–Kier alpha value is -2.16. The first-order valence-corrected chi connectivity index (χ1v) is 6.99. The second kappa shape index (κ2) is 6.73. The maximum absolute atomic E-state index is 12.1. The Morgan fingerprint density at radius 1 is 1.36 bits per heavy atom. The molecule has 0 bridgehead atoms. The normalized spacial score (nSPS) is 12.7. The van der Waals surface area contributed by atoms with Crippen molar-refractivity contribution in [2.45, 2.75) is 19.7 Å². The van der Waals surface area contributed by atoms with E-state index in [1.807, 2.05) is 0 Å². The third-order valence-electron chi connectivity index (χ3n) is 2.76. The van der Waals surface area contributed by atoms with Crippen LogP contribution in [0.3, 0.4) is 0 Å². The second-order valence-corrected chi connectivity index (χ2v) is 5.14. The first-order valence-electron chi connectivity index (χ1n) is 6.26. The zero-order valence-corrected chi connectivity index (χ0v) is 12.2. The highest BCUT2D eigenvalue weighted by atomic mass is 32.1. The van der Waals surface area contributed by atoms with Gasteiger partial charge in [-0.1, -0.05) is 19.1 Å². The molecule has 1 heterocycles. The van der Waals surface area contributed by atoms with Crippen LogP contribution in [-0.2, 0) is 11.2 Å². The average Bonchev–Trinajstić information content (AvgIpc) is 2.92. The van der Waals surface area contributed by atoms with Crippen LogP contribution in [0.15, 0.2) is 30.5 Å². The molecule has 9 heteroatoms. The van der Waals surface area contributed by atoms with Crippen molar-refractivity contribution >= 4 is 23.5 Å². The number of halogens is 3. The van der Waals surface area contributed by atoms with Gasteiger partial charge >= 0.3 is 6.36 Å². The van der Waals surface area contributed by atoms with Gasteiger partial charge in [0.15, 0.2) is 5.82 Å². The highest BCUT2D eigenvalue weighted by Gasteiger charge is 2.31. The Morgan fingerprint density at radius 3 is 2.59 bits per heavy atom. The third kappa shape index (κ3) is 4.99. The SMILES string of the molecule is CC(Cc1ccc(OC(F)(F)F)cc1)C(=O)Nc1cnsn1. The van der Waals surface area contributed by atoms with Crippen molar-refractivity contribution < 1.29 is 22.7 Å². The van der Waals surface area contributed by atoms with Crippen LogP contribution in [0.25, 0.3) is 0 Å². The predicted octanol–water partition coefficient (Wildman–Crippen LogP) is 3.25. The van der Waals surface area contributed by atoms with Gasteiger partial charge in [0.05, 0.1) is 17.9 Å². The smallest absolute Gasteiger partial charge is 0.406 e. The quantitative estimate of drug-likeness (QED) is 0.913. The van der Waals surface area contributed by atoms with Crippen molar-refractivity contribution in [3.05, 3.63) is 36.0 Å². The highest BCUT2D eigenvalue weighted by Crippen LogP contribution is 2.23. The Kier molecular flexibility index (Phi) is 4.96. The lowest BCUT2D eigenvalue weighted by atomic mass is 10.0. The summed E-state index contributed by atoms with van der Waals surface area (Å²) in [6, 6.07) is 5.43. The van der Waals surface area contributed by atoms with Crippen molar-refractivity contribution in [1.82, 2.24) is 8.75 Å². The molecule has 1 N–H and O–H groups in total. The fourth-order valence-electron chi connectivity index (χ4n) is 1.74. The molecule has 0 radical (unpaired) electrons. The number of alkyl halides is 3. The van der Waals surface area contributed by atoms with Gasteiger partial charge in [0, 0.05) is 5.92 Å². The Labute approximate surface area is 128 Å². The van der Waals surface area contributed by atoms with Gasteiger partial charge in [0.1, 0.15) is 5.75 Å². The third-order valence-corrected chi connectivity index (χ3v) is 3.24. The molecule has 118 valence electrons. The molecule has 0 spiro atoms. The summed E-state index contributed by atoms with van der Waals surface area (Å²) in [4.78, 5) is 11.9. The van der Waals surface area contributed by atoms with E-state index in [0.717, 1.165) is 17.3 Å². The maximum Gasteiger partial charge on any atom is 0.573 e. The molecule has 22 heavy (non-hydrogen) atoms. The summed E-state index contributed by atoms with van der Waals surface area (Å²) in [6.07, 6.45) is -2.88. The molecule has 2 rings (SSSR count). The minimum Gasteiger partial charge on any atom is -0.406 e. The summed E-state index contributed by atoms with van der Waals surface area (Å²) < 4.78 is 47.6. The lowest BCUT2D eigenvalue weighted by Crippen LogP contribution is -2.22. The van der Waals surface area contributed by atoms with Crippen LogP contribution < -0.4 is 10.1 Å². The van der Waals surface area contributed by atoms with Crippen molar-refractivity contribution in [2.24, 2.45) is 5.92 Å². The summed E-state index contributed by atoms with van der Waals surface area (Å²) in [7, 11) is 0. The second-order valence-electron chi connectivity index (χ2n) is 4.58. The summed E-state index contributed by atoms with van der Waals surface area (Å²) >= 11 is 0.983. The molecular formula is C13H12F3N3O2S. The van der Waals surface area contributed by atoms with E-state index in [2.05, 4.69) is 18.8 Å². The van der Waals surface area contributed by atoms with Gasteiger partial charge in [-0.15, -0.1) is 13.2 Å². The number of ether oxygens (including phenoxy) is 1. The number of carbonyl (C=O) groups is 1. The number of hydrogen-bond donors (Lipinski definition) is 1. The van der Waals surface area contributed by atoms with Gasteiger partial charge < -0.3 is 10.1 Å². The fraction of sp³-hybridized carbons (Fsp3) is 0.308. The molecule has 2 aromatic rings. The molecule has 0 aliphatic rings. The topological polar surface area (TPSA) is 64.1 Å². The van der Waals surface area contributed by atoms with Crippen LogP contribution >= 0.6 is 11.7 Å². The van der Waals surface area contributed by atoms with Crippen LogP contribution in [0.4, 0.5) is 19.0 Å². The molecule has 0 fully saturated rings. The number of carbonyl (C=O) groups excluding carboxylic acids is 1. The molecular weight excluding hydrogens is 319 g/mol. The summed E-state index contributed by atoms with van der Waals surface area (Å²) in [5.74, 6) is -0.503. The van der Waals surface area contributed by atoms with Crippen molar-refractivity contribution in [2.75, 3.05) is 5.32 Å². The van der Waals surface area contributed by atoms with Gasteiger partial charge in [0.25, 0.3) is 0 Å². The first kappa shape index (κ1) is 16.2. The molecule has 0 saturated carbocycles. The van der Waals surface area contributed by atoms with E-state index in [0.29, 0.717) is 12.2 Å². The van der Waals surface area contributed by atoms with E-state index in [1.165, 1.54) is 30.5 Å². The van der Waals surface area contributed by atoms with Crippen LogP contribution in [-0.4, -0.2) is 21.0 Å². The van der Waals surface area contributed by atoms with Gasteiger partial charge in [-0.25, -0.2) is 0 Å². The van der Waals surface area contributed by atoms with Gasteiger partial charge in [-0.2, -0.15) is 8.75 Å². The number of aromatic nitrogens is 2. The zero-order chi connectivity index (χ0) is 16.2. The molecule has 0 saturated heterocycles. The number of nitrogens with zero attached hydrogens (tertiary/aromatic N) is 2. The van der Waals surface area contributed by atoms with E-state index in [9.17, 15) is 18.0 Å². The number of rotatable bonds is 5. The fourth-order valence-corrected chi connectivity index (χ4v) is 2.12. The highest BCUT2D eigenvalue weighted by molar-refractivity contribution is 6.99. The molecule has 1 aromatic carbocycles. The molecule has 1 atom stereocenters. The van der Waals surface area contributed by atoms with E-state index in [-0.39, 0.29) is 17.6 Å². The van der Waals surface area contributed by atoms with Crippen molar-refractivity contribution in [3.63, 3.8) is 0 Å². The maximum atomic E-state index is 12.1. The average molecular weight is 331 g/mol. The van der Waals surface area contributed by atoms with Crippen molar-refractivity contribution in [1.29, 1.82) is 0 Å². The number of benzene rings is 1. The lowest BCUT2D eigenvalue weighted by Gasteiger charge is -2.12. The summed E-state index contributed by atoms with van der Waals surface area (Å²) in [5.41, 5.74) is 0.730. The molecule has 1 unspecified atom stereocenters. The number of nitrogens with one attached hydrogen (secondary N) is 1. The zero-order valence-electron chi connectivity index (χ0n) is 11.4. The molecule has 1 aromatic heterocycles. The molecule has 0 aliphatic heterocycles. The minimum absolute atomic E-state index is 0.233. The van der Waals surface area contributed by atoms with Crippen LogP contribution in [0, 0.1) is 5.92 Å². The molecule has 5 nitrogen and oxygen atoms in total. The predicted molar refractivity (Wildman–Crippen MR) is 74.5 cm³/mol. The van der Waals surface area contributed by atoms with Gasteiger partial charge in [0.2, 0.25) is 5.91 Å². The summed E-state index contributed by atoms with van der Waals surface area (Å²) in [6.45, 7) is 1.72. The van der Waals surface area contributed by atoms with Gasteiger partial charge in [-0.05, 0) is 24.1 Å². The Balaban J connectivity index is 1.91. The Morgan fingerprint density at radius 2 is 2.05 bits per heavy atom. The summed E-state index contributed by atoms with van der Waals surface area (Å²) in [5, 5.41) is 2.61. The largest absolute Gasteiger partial charge is 0.573 e. The Bertz CT molecular complexity index is 614. The van der Waals surface area contributed by atoms with E-state index in [4.69, 9.17) is 0 Å². The monoisotopic (exact) mass is 331 g/mol. The molecule has 0 aliphatic carbocycles. The first-order chi connectivity index (χ1) is 10.3. The number of hydrogen-bond acceptors (Lipinski definition) is 5.